The summed E-state index contributed by atoms with van der Waals surface area (Å²) in [5, 5.41) is 4.16. The Bertz CT molecular complexity index is 724. The van der Waals surface area contributed by atoms with Crippen molar-refractivity contribution in [2.24, 2.45) is 0 Å². The highest BCUT2D eigenvalue weighted by atomic mass is 32.2. The van der Waals surface area contributed by atoms with E-state index in [2.05, 4.69) is 29.1 Å². The maximum absolute atomic E-state index is 11.7. The van der Waals surface area contributed by atoms with Crippen molar-refractivity contribution in [1.29, 1.82) is 0 Å². The van der Waals surface area contributed by atoms with Crippen molar-refractivity contribution in [3.05, 3.63) is 33.9 Å². The van der Waals surface area contributed by atoms with Crippen molar-refractivity contribution in [2.75, 3.05) is 18.1 Å². The molecule has 0 aliphatic rings. The molecule has 114 valence electrons. The third-order valence-corrected chi connectivity index (χ3v) is 5.27. The average Bonchev–Trinajstić information content (AvgIpc) is 2.78. The highest BCUT2D eigenvalue weighted by Gasteiger charge is 2.13. The fourth-order valence-electron chi connectivity index (χ4n) is 2.03. The van der Waals surface area contributed by atoms with E-state index >= 15 is 0 Å². The Morgan fingerprint density at radius 2 is 2.14 bits per heavy atom. The summed E-state index contributed by atoms with van der Waals surface area (Å²) in [6.45, 7) is 4.78. The van der Waals surface area contributed by atoms with Crippen molar-refractivity contribution in [3.8, 4) is 0 Å². The minimum Gasteiger partial charge on any atom is -0.369 e. The summed E-state index contributed by atoms with van der Waals surface area (Å²) in [6, 6.07) is 3.19. The van der Waals surface area contributed by atoms with Gasteiger partial charge in [-0.3, -0.25) is 0 Å². The number of rotatable bonds is 6. The minimum absolute atomic E-state index is 0.231. The molecule has 2 aromatic heterocycles. The minimum atomic E-state index is -3.27. The van der Waals surface area contributed by atoms with Crippen LogP contribution in [0.2, 0.25) is 0 Å². The zero-order valence-corrected chi connectivity index (χ0v) is 14.0. The van der Waals surface area contributed by atoms with Gasteiger partial charge in [-0.25, -0.2) is 18.4 Å². The number of nitrogens with zero attached hydrogens (tertiary/aromatic N) is 2. The predicted octanol–water partition coefficient (Wildman–Crippen LogP) is 2.47. The molecule has 0 aliphatic heterocycles. The van der Waals surface area contributed by atoms with Gasteiger partial charge in [0.1, 0.15) is 10.7 Å². The topological polar surface area (TPSA) is 72.0 Å². The van der Waals surface area contributed by atoms with E-state index in [-0.39, 0.29) is 4.90 Å². The molecule has 0 aromatic carbocycles. The zero-order chi connectivity index (χ0) is 15.5. The standard InChI is InChI=1S/C14H19N3O2S2/c1-4-11-10(2)20-13(17-11)7-9-16-14-12(21(3,18)19)6-5-8-15-14/h5-6,8H,4,7,9H2,1-3H3,(H,15,16). The van der Waals surface area contributed by atoms with E-state index in [0.717, 1.165) is 23.5 Å². The fraction of sp³-hybridized carbons (Fsp3) is 0.429. The van der Waals surface area contributed by atoms with Gasteiger partial charge in [0, 0.05) is 30.3 Å². The van der Waals surface area contributed by atoms with Gasteiger partial charge in [0.05, 0.1) is 10.7 Å². The van der Waals surface area contributed by atoms with E-state index in [4.69, 9.17) is 0 Å². The molecule has 0 amide bonds. The smallest absolute Gasteiger partial charge is 0.179 e. The Hall–Kier alpha value is -1.47. The van der Waals surface area contributed by atoms with Crippen LogP contribution in [0, 0.1) is 6.92 Å². The molecule has 2 aromatic rings. The van der Waals surface area contributed by atoms with Crippen LogP contribution in [0.4, 0.5) is 5.82 Å². The van der Waals surface area contributed by atoms with Gasteiger partial charge in [-0.1, -0.05) is 6.92 Å². The first-order chi connectivity index (χ1) is 9.91. The van der Waals surface area contributed by atoms with E-state index in [1.165, 1.54) is 11.1 Å². The number of hydrogen-bond acceptors (Lipinski definition) is 6. The third kappa shape index (κ3) is 4.01. The lowest BCUT2D eigenvalue weighted by Gasteiger charge is -2.08. The second-order valence-corrected chi connectivity index (χ2v) is 8.04. The molecule has 0 spiro atoms. The molecule has 1 N–H and O–H groups in total. The molecular formula is C14H19N3O2S2. The number of hydrogen-bond donors (Lipinski definition) is 1. The largest absolute Gasteiger partial charge is 0.369 e. The number of anilines is 1. The van der Waals surface area contributed by atoms with Crippen LogP contribution in [0.5, 0.6) is 0 Å². The third-order valence-electron chi connectivity index (χ3n) is 3.07. The summed E-state index contributed by atoms with van der Waals surface area (Å²) in [5.74, 6) is 0.406. The molecule has 0 atom stereocenters. The van der Waals surface area contributed by atoms with E-state index in [1.54, 1.807) is 29.7 Å². The van der Waals surface area contributed by atoms with Crippen LogP contribution in [0.3, 0.4) is 0 Å². The Labute approximate surface area is 129 Å². The number of thiazole rings is 1. The Kier molecular flexibility index (Phi) is 4.95. The Morgan fingerprint density at radius 3 is 2.76 bits per heavy atom. The molecule has 0 saturated heterocycles. The normalized spacial score (nSPS) is 11.6. The number of sulfone groups is 1. The first-order valence-electron chi connectivity index (χ1n) is 6.76. The molecule has 2 heterocycles. The first kappa shape index (κ1) is 15.9. The molecule has 0 aliphatic carbocycles. The van der Waals surface area contributed by atoms with Gasteiger partial charge in [0.2, 0.25) is 0 Å². The molecule has 21 heavy (non-hydrogen) atoms. The van der Waals surface area contributed by atoms with Crippen LogP contribution < -0.4 is 5.32 Å². The summed E-state index contributed by atoms with van der Waals surface area (Å²) in [6.07, 6.45) is 4.46. The van der Waals surface area contributed by atoms with Gasteiger partial charge in [-0.05, 0) is 25.5 Å². The number of aromatic nitrogens is 2. The van der Waals surface area contributed by atoms with E-state index in [1.807, 2.05) is 0 Å². The van der Waals surface area contributed by atoms with Crippen molar-refractivity contribution in [1.82, 2.24) is 9.97 Å². The summed E-state index contributed by atoms with van der Waals surface area (Å²) in [7, 11) is -3.27. The van der Waals surface area contributed by atoms with Gasteiger partial charge in [0.15, 0.2) is 9.84 Å². The van der Waals surface area contributed by atoms with Gasteiger partial charge in [-0.2, -0.15) is 0 Å². The van der Waals surface area contributed by atoms with Gasteiger partial charge in [0.25, 0.3) is 0 Å². The van der Waals surface area contributed by atoms with Crippen LogP contribution >= 0.6 is 11.3 Å². The van der Waals surface area contributed by atoms with E-state index in [0.29, 0.717) is 12.4 Å². The number of pyridine rings is 1. The average molecular weight is 325 g/mol. The first-order valence-corrected chi connectivity index (χ1v) is 9.46. The molecule has 0 unspecified atom stereocenters. The number of aryl methyl sites for hydroxylation is 2. The van der Waals surface area contributed by atoms with Crippen LogP contribution in [-0.4, -0.2) is 31.2 Å². The second-order valence-electron chi connectivity index (χ2n) is 4.76. The highest BCUT2D eigenvalue weighted by Crippen LogP contribution is 2.20. The van der Waals surface area contributed by atoms with E-state index in [9.17, 15) is 8.42 Å². The van der Waals surface area contributed by atoms with Crippen molar-refractivity contribution in [2.45, 2.75) is 31.6 Å². The molecule has 7 heteroatoms. The lowest BCUT2D eigenvalue weighted by atomic mass is 10.3. The maximum Gasteiger partial charge on any atom is 0.179 e. The summed E-state index contributed by atoms with van der Waals surface area (Å²) >= 11 is 1.69. The van der Waals surface area contributed by atoms with Crippen LogP contribution in [0.25, 0.3) is 0 Å². The Balaban J connectivity index is 2.04. The maximum atomic E-state index is 11.7. The lowest BCUT2D eigenvalue weighted by Crippen LogP contribution is -2.10. The number of nitrogens with one attached hydrogen (secondary N) is 1. The van der Waals surface area contributed by atoms with Gasteiger partial charge >= 0.3 is 0 Å². The molecule has 0 fully saturated rings. The van der Waals surface area contributed by atoms with Gasteiger partial charge in [-0.15, -0.1) is 11.3 Å². The molecular weight excluding hydrogens is 306 g/mol. The summed E-state index contributed by atoms with van der Waals surface area (Å²) < 4.78 is 23.4. The molecule has 0 saturated carbocycles. The molecule has 0 radical (unpaired) electrons. The van der Waals surface area contributed by atoms with Crippen molar-refractivity contribution < 1.29 is 8.42 Å². The fourth-order valence-corrected chi connectivity index (χ4v) is 3.86. The SMILES string of the molecule is CCc1nc(CCNc2ncccc2S(C)(=O)=O)sc1C. The summed E-state index contributed by atoms with van der Waals surface area (Å²) in [4.78, 5) is 10.2. The highest BCUT2D eigenvalue weighted by molar-refractivity contribution is 7.90. The summed E-state index contributed by atoms with van der Waals surface area (Å²) in [5.41, 5.74) is 1.14. The monoisotopic (exact) mass is 325 g/mol. The zero-order valence-electron chi connectivity index (χ0n) is 12.4. The lowest BCUT2D eigenvalue weighted by molar-refractivity contribution is 0.602. The quantitative estimate of drug-likeness (QED) is 0.883. The predicted molar refractivity (Wildman–Crippen MR) is 85.8 cm³/mol. The molecule has 2 rings (SSSR count). The molecule has 5 nitrogen and oxygen atoms in total. The van der Waals surface area contributed by atoms with Crippen molar-refractivity contribution in [3.63, 3.8) is 0 Å². The van der Waals surface area contributed by atoms with Crippen LogP contribution in [0.1, 0.15) is 22.5 Å². The van der Waals surface area contributed by atoms with Crippen LogP contribution in [-0.2, 0) is 22.7 Å². The Morgan fingerprint density at radius 1 is 1.38 bits per heavy atom. The van der Waals surface area contributed by atoms with Crippen molar-refractivity contribution >= 4 is 27.0 Å². The van der Waals surface area contributed by atoms with Gasteiger partial charge < -0.3 is 5.32 Å². The van der Waals surface area contributed by atoms with E-state index < -0.39 is 9.84 Å². The van der Waals surface area contributed by atoms with Crippen LogP contribution in [0.15, 0.2) is 23.2 Å². The molecule has 0 bridgehead atoms. The second kappa shape index (κ2) is 6.53.